The molecule has 3 amide bonds. The number of amides is 3. The summed E-state index contributed by atoms with van der Waals surface area (Å²) in [5, 5.41) is 5.22. The zero-order chi connectivity index (χ0) is 21.2. The summed E-state index contributed by atoms with van der Waals surface area (Å²) in [6, 6.07) is 4.10. The highest BCUT2D eigenvalue weighted by Crippen LogP contribution is 2.47. The number of carbonyl (C=O) groups excluding carboxylic acids is 4. The van der Waals surface area contributed by atoms with Crippen LogP contribution in [0.5, 0.6) is 5.75 Å². The number of benzene rings is 1. The molecular formula is C19H23N3O6S. The Morgan fingerprint density at radius 2 is 2.07 bits per heavy atom. The highest BCUT2D eigenvalue weighted by atomic mass is 32.2. The summed E-state index contributed by atoms with van der Waals surface area (Å²) >= 11 is 1.56. The molecule has 0 unspecified atom stereocenters. The molecule has 0 aliphatic carbocycles. The Kier molecular flexibility index (Phi) is 6.02. The Balaban J connectivity index is 1.59. The average Bonchev–Trinajstić information content (AvgIpc) is 3.15. The first-order chi connectivity index (χ1) is 13.7. The molecule has 0 radical (unpaired) electrons. The number of ether oxygens (including phenoxy) is 2. The van der Waals surface area contributed by atoms with Crippen LogP contribution in [0.25, 0.3) is 0 Å². The quantitative estimate of drug-likeness (QED) is 0.671. The SMILES string of the molecule is COc1ccc(NC(C)=O)cc1NC(=O)COC(=O)[C@@H]1CS[C@]2(C)CCC(=O)N12. The van der Waals surface area contributed by atoms with E-state index in [4.69, 9.17) is 9.47 Å². The molecule has 1 aromatic carbocycles. The van der Waals surface area contributed by atoms with E-state index in [1.165, 1.54) is 14.0 Å². The van der Waals surface area contributed by atoms with Crippen LogP contribution < -0.4 is 15.4 Å². The van der Waals surface area contributed by atoms with E-state index in [1.54, 1.807) is 34.9 Å². The van der Waals surface area contributed by atoms with Crippen molar-refractivity contribution in [1.82, 2.24) is 4.90 Å². The van der Waals surface area contributed by atoms with Crippen LogP contribution in [-0.4, -0.2) is 59.0 Å². The molecular weight excluding hydrogens is 398 g/mol. The second kappa shape index (κ2) is 8.32. The van der Waals surface area contributed by atoms with Gasteiger partial charge in [-0.15, -0.1) is 11.8 Å². The topological polar surface area (TPSA) is 114 Å². The summed E-state index contributed by atoms with van der Waals surface area (Å²) in [5.74, 6) is -0.620. The van der Waals surface area contributed by atoms with Crippen LogP contribution in [0.1, 0.15) is 26.7 Å². The number of hydrogen-bond acceptors (Lipinski definition) is 7. The fourth-order valence-corrected chi connectivity index (χ4v) is 4.92. The highest BCUT2D eigenvalue weighted by Gasteiger charge is 2.53. The summed E-state index contributed by atoms with van der Waals surface area (Å²) in [6.07, 6.45) is 1.11. The summed E-state index contributed by atoms with van der Waals surface area (Å²) in [5.41, 5.74) is 0.818. The molecule has 2 fully saturated rings. The second-order valence-corrected chi connectivity index (χ2v) is 8.52. The predicted octanol–water partition coefficient (Wildman–Crippen LogP) is 1.59. The molecule has 2 N–H and O–H groups in total. The van der Waals surface area contributed by atoms with Gasteiger partial charge in [-0.3, -0.25) is 14.4 Å². The number of anilines is 2. The van der Waals surface area contributed by atoms with Crippen LogP contribution in [-0.2, 0) is 23.9 Å². The molecule has 29 heavy (non-hydrogen) atoms. The monoisotopic (exact) mass is 421 g/mol. The summed E-state index contributed by atoms with van der Waals surface area (Å²) in [6.45, 7) is 2.82. The lowest BCUT2D eigenvalue weighted by atomic mass is 10.2. The fraction of sp³-hybridized carbons (Fsp3) is 0.474. The first-order valence-electron chi connectivity index (χ1n) is 9.12. The fourth-order valence-electron chi connectivity index (χ4n) is 3.50. The average molecular weight is 421 g/mol. The Morgan fingerprint density at radius 1 is 1.31 bits per heavy atom. The first kappa shape index (κ1) is 21.0. The minimum absolute atomic E-state index is 0.0663. The van der Waals surface area contributed by atoms with E-state index < -0.39 is 24.5 Å². The maximum atomic E-state index is 12.4. The normalized spacial score (nSPS) is 22.8. The van der Waals surface area contributed by atoms with Gasteiger partial charge in [0.05, 0.1) is 17.7 Å². The molecule has 2 aliphatic rings. The van der Waals surface area contributed by atoms with Crippen molar-refractivity contribution in [3.05, 3.63) is 18.2 Å². The summed E-state index contributed by atoms with van der Waals surface area (Å²) < 4.78 is 10.4. The number of hydrogen-bond donors (Lipinski definition) is 2. The highest BCUT2D eigenvalue weighted by molar-refractivity contribution is 8.01. The molecule has 0 bridgehead atoms. The lowest BCUT2D eigenvalue weighted by molar-refractivity contribution is -0.155. The van der Waals surface area contributed by atoms with Gasteiger partial charge in [-0.2, -0.15) is 0 Å². The Labute approximate surface area is 172 Å². The molecule has 2 aliphatic heterocycles. The zero-order valence-electron chi connectivity index (χ0n) is 16.4. The van der Waals surface area contributed by atoms with Gasteiger partial charge in [-0.25, -0.2) is 4.79 Å². The van der Waals surface area contributed by atoms with Crippen LogP contribution in [0, 0.1) is 0 Å². The number of nitrogens with one attached hydrogen (secondary N) is 2. The van der Waals surface area contributed by atoms with Crippen molar-refractivity contribution < 1.29 is 28.7 Å². The molecule has 0 spiro atoms. The van der Waals surface area contributed by atoms with E-state index in [2.05, 4.69) is 10.6 Å². The lowest BCUT2D eigenvalue weighted by Gasteiger charge is -2.29. The van der Waals surface area contributed by atoms with Crippen molar-refractivity contribution in [3.63, 3.8) is 0 Å². The van der Waals surface area contributed by atoms with Crippen LogP contribution >= 0.6 is 11.8 Å². The van der Waals surface area contributed by atoms with Crippen molar-refractivity contribution in [3.8, 4) is 5.75 Å². The minimum Gasteiger partial charge on any atom is -0.495 e. The molecule has 156 valence electrons. The Morgan fingerprint density at radius 3 is 2.76 bits per heavy atom. The van der Waals surface area contributed by atoms with E-state index in [0.29, 0.717) is 35.7 Å². The second-order valence-electron chi connectivity index (χ2n) is 7.02. The number of esters is 1. The predicted molar refractivity (Wildman–Crippen MR) is 108 cm³/mol. The number of rotatable bonds is 6. The number of nitrogens with zero attached hydrogens (tertiary/aromatic N) is 1. The number of thioether (sulfide) groups is 1. The number of fused-ring (bicyclic) bond motifs is 1. The van der Waals surface area contributed by atoms with Crippen LogP contribution in [0.15, 0.2) is 18.2 Å². The molecule has 0 aromatic heterocycles. The molecule has 1 aromatic rings. The first-order valence-corrected chi connectivity index (χ1v) is 10.1. The van der Waals surface area contributed by atoms with E-state index >= 15 is 0 Å². The summed E-state index contributed by atoms with van der Waals surface area (Å²) in [7, 11) is 1.45. The maximum Gasteiger partial charge on any atom is 0.330 e. The van der Waals surface area contributed by atoms with Crippen molar-refractivity contribution in [2.75, 3.05) is 30.1 Å². The van der Waals surface area contributed by atoms with E-state index in [-0.39, 0.29) is 16.7 Å². The van der Waals surface area contributed by atoms with Crippen molar-refractivity contribution in [2.24, 2.45) is 0 Å². The third-order valence-corrected chi connectivity index (χ3v) is 6.36. The van der Waals surface area contributed by atoms with E-state index in [1.807, 2.05) is 6.92 Å². The zero-order valence-corrected chi connectivity index (χ0v) is 17.3. The van der Waals surface area contributed by atoms with Crippen LogP contribution in [0.3, 0.4) is 0 Å². The van der Waals surface area contributed by atoms with Gasteiger partial charge >= 0.3 is 5.97 Å². The summed E-state index contributed by atoms with van der Waals surface area (Å²) in [4.78, 5) is 49.3. The molecule has 2 atom stereocenters. The van der Waals surface area contributed by atoms with Gasteiger partial charge in [-0.05, 0) is 31.5 Å². The standard InChI is InChI=1S/C19H23N3O6S/c1-11(23)20-12-4-5-15(27-3)13(8-12)21-16(24)9-28-18(26)14-10-29-19(2)7-6-17(25)22(14)19/h4-5,8,14H,6-7,9-10H2,1-3H3,(H,20,23)(H,21,24)/t14-,19+/m0/s1. The van der Waals surface area contributed by atoms with Gasteiger partial charge in [0.25, 0.3) is 5.91 Å². The van der Waals surface area contributed by atoms with Gasteiger partial charge in [-0.1, -0.05) is 0 Å². The van der Waals surface area contributed by atoms with Gasteiger partial charge in [0.15, 0.2) is 6.61 Å². The number of methoxy groups -OCH3 is 1. The van der Waals surface area contributed by atoms with Crippen molar-refractivity contribution in [2.45, 2.75) is 37.6 Å². The molecule has 10 heteroatoms. The lowest BCUT2D eigenvalue weighted by Crippen LogP contribution is -2.47. The van der Waals surface area contributed by atoms with Crippen molar-refractivity contribution >= 4 is 46.8 Å². The van der Waals surface area contributed by atoms with Gasteiger partial charge < -0.3 is 25.0 Å². The van der Waals surface area contributed by atoms with Crippen molar-refractivity contribution in [1.29, 1.82) is 0 Å². The molecule has 0 saturated carbocycles. The molecule has 2 heterocycles. The van der Waals surface area contributed by atoms with Crippen LogP contribution in [0.2, 0.25) is 0 Å². The number of carbonyl (C=O) groups is 4. The molecule has 3 rings (SSSR count). The molecule has 2 saturated heterocycles. The van der Waals surface area contributed by atoms with E-state index in [0.717, 1.165) is 0 Å². The third kappa shape index (κ3) is 4.47. The maximum absolute atomic E-state index is 12.4. The largest absolute Gasteiger partial charge is 0.495 e. The Hall–Kier alpha value is -2.75. The van der Waals surface area contributed by atoms with Gasteiger partial charge in [0, 0.05) is 24.8 Å². The third-order valence-electron chi connectivity index (χ3n) is 4.86. The van der Waals surface area contributed by atoms with Crippen LogP contribution in [0.4, 0.5) is 11.4 Å². The van der Waals surface area contributed by atoms with Gasteiger partial charge in [0.1, 0.15) is 11.8 Å². The smallest absolute Gasteiger partial charge is 0.330 e. The van der Waals surface area contributed by atoms with Gasteiger partial charge in [0.2, 0.25) is 11.8 Å². The Bertz CT molecular complexity index is 860. The van der Waals surface area contributed by atoms with E-state index in [9.17, 15) is 19.2 Å². The molecule has 9 nitrogen and oxygen atoms in total. The minimum atomic E-state index is -0.676.